The van der Waals surface area contributed by atoms with Gasteiger partial charge in [0, 0.05) is 0 Å². The number of carbonyl (C=O) groups is 2. The summed E-state index contributed by atoms with van der Waals surface area (Å²) in [4.78, 5) is 22.9. The summed E-state index contributed by atoms with van der Waals surface area (Å²) in [6.07, 6.45) is 2.79. The average Bonchev–Trinajstić information content (AvgIpc) is 2.91. The average molecular weight is 182 g/mol. The lowest BCUT2D eigenvalue weighted by Crippen LogP contribution is -2.62. The van der Waals surface area contributed by atoms with Gasteiger partial charge in [0.1, 0.15) is 12.1 Å². The van der Waals surface area contributed by atoms with Gasteiger partial charge in [0.15, 0.2) is 0 Å². The molecule has 2 atom stereocenters. The first kappa shape index (κ1) is 8.53. The van der Waals surface area contributed by atoms with Crippen LogP contribution < -0.4 is 10.6 Å². The molecule has 1 aliphatic heterocycles. The minimum Gasteiger partial charge on any atom is -0.343 e. The second kappa shape index (κ2) is 3.01. The van der Waals surface area contributed by atoms with Crippen molar-refractivity contribution < 1.29 is 9.59 Å². The van der Waals surface area contributed by atoms with Crippen LogP contribution in [0.5, 0.6) is 0 Å². The van der Waals surface area contributed by atoms with Crippen LogP contribution in [0.1, 0.15) is 26.2 Å². The molecule has 2 amide bonds. The van der Waals surface area contributed by atoms with Crippen LogP contribution in [-0.4, -0.2) is 23.9 Å². The Morgan fingerprint density at radius 3 is 2.46 bits per heavy atom. The number of amides is 2. The van der Waals surface area contributed by atoms with Crippen LogP contribution in [0, 0.1) is 5.92 Å². The monoisotopic (exact) mass is 182 g/mol. The maximum atomic E-state index is 11.5. The van der Waals surface area contributed by atoms with Gasteiger partial charge in [0.05, 0.1) is 0 Å². The van der Waals surface area contributed by atoms with E-state index in [4.69, 9.17) is 0 Å². The van der Waals surface area contributed by atoms with Crippen molar-refractivity contribution in [1.82, 2.24) is 10.6 Å². The summed E-state index contributed by atoms with van der Waals surface area (Å²) in [5.74, 6) is 0.356. The van der Waals surface area contributed by atoms with Crippen LogP contribution in [0.3, 0.4) is 0 Å². The molecule has 1 aliphatic carbocycles. The van der Waals surface area contributed by atoms with Crippen molar-refractivity contribution in [1.29, 1.82) is 0 Å². The van der Waals surface area contributed by atoms with E-state index in [2.05, 4.69) is 10.6 Å². The molecule has 13 heavy (non-hydrogen) atoms. The van der Waals surface area contributed by atoms with Crippen LogP contribution in [0.2, 0.25) is 0 Å². The van der Waals surface area contributed by atoms with E-state index in [0.29, 0.717) is 12.3 Å². The molecule has 0 aromatic rings. The van der Waals surface area contributed by atoms with Gasteiger partial charge in [0.2, 0.25) is 11.8 Å². The topological polar surface area (TPSA) is 58.2 Å². The van der Waals surface area contributed by atoms with Gasteiger partial charge in [0.25, 0.3) is 0 Å². The lowest BCUT2D eigenvalue weighted by atomic mass is 10.1. The minimum atomic E-state index is -0.317. The van der Waals surface area contributed by atoms with E-state index in [9.17, 15) is 9.59 Å². The molecule has 0 spiro atoms. The number of hydrogen-bond acceptors (Lipinski definition) is 2. The Balaban J connectivity index is 2.03. The molecule has 0 unspecified atom stereocenters. The van der Waals surface area contributed by atoms with Gasteiger partial charge < -0.3 is 10.6 Å². The lowest BCUT2D eigenvalue weighted by Gasteiger charge is -2.28. The third kappa shape index (κ3) is 1.53. The third-order valence-corrected chi connectivity index (χ3v) is 2.71. The number of hydrogen-bond donors (Lipinski definition) is 2. The molecule has 72 valence electrons. The molecule has 2 fully saturated rings. The standard InChI is InChI=1S/C9H14N2O2/c1-2-6-8(12)11-7(5-3-4-5)9(13)10-6/h5-7H,2-4H2,1H3,(H,10,13)(H,11,12)/t6-,7-/m1/s1. The minimum absolute atomic E-state index is 0.00560. The predicted molar refractivity (Wildman–Crippen MR) is 46.9 cm³/mol. The first-order valence-corrected chi connectivity index (χ1v) is 4.83. The highest BCUT2D eigenvalue weighted by Gasteiger charge is 2.41. The molecule has 0 bridgehead atoms. The van der Waals surface area contributed by atoms with Crippen molar-refractivity contribution in [3.63, 3.8) is 0 Å². The number of piperazine rings is 1. The third-order valence-electron chi connectivity index (χ3n) is 2.71. The Morgan fingerprint density at radius 1 is 1.23 bits per heavy atom. The van der Waals surface area contributed by atoms with E-state index >= 15 is 0 Å². The van der Waals surface area contributed by atoms with Gasteiger partial charge in [-0.05, 0) is 25.2 Å². The zero-order valence-corrected chi connectivity index (χ0v) is 7.67. The molecule has 1 saturated carbocycles. The lowest BCUT2D eigenvalue weighted by molar-refractivity contribution is -0.137. The van der Waals surface area contributed by atoms with Crippen LogP contribution in [0.25, 0.3) is 0 Å². The highest BCUT2D eigenvalue weighted by molar-refractivity contribution is 5.97. The zero-order chi connectivity index (χ0) is 9.42. The van der Waals surface area contributed by atoms with E-state index < -0.39 is 0 Å². The first-order chi connectivity index (χ1) is 6.22. The van der Waals surface area contributed by atoms with Gasteiger partial charge in [-0.2, -0.15) is 0 Å². The Kier molecular flexibility index (Phi) is 1.98. The number of rotatable bonds is 2. The molecule has 0 radical (unpaired) electrons. The second-order valence-corrected chi connectivity index (χ2v) is 3.79. The van der Waals surface area contributed by atoms with E-state index in [1.54, 1.807) is 0 Å². The highest BCUT2D eigenvalue weighted by Crippen LogP contribution is 2.33. The molecular formula is C9H14N2O2. The van der Waals surface area contributed by atoms with E-state index in [1.165, 1.54) is 0 Å². The van der Waals surface area contributed by atoms with E-state index in [-0.39, 0.29) is 23.9 Å². The van der Waals surface area contributed by atoms with Crippen molar-refractivity contribution in [3.8, 4) is 0 Å². The fourth-order valence-corrected chi connectivity index (χ4v) is 1.70. The quantitative estimate of drug-likeness (QED) is 0.620. The van der Waals surface area contributed by atoms with Gasteiger partial charge >= 0.3 is 0 Å². The Bertz CT molecular complexity index is 248. The van der Waals surface area contributed by atoms with Crippen molar-refractivity contribution in [2.24, 2.45) is 5.92 Å². The molecular weight excluding hydrogens is 168 g/mol. The molecule has 0 aromatic carbocycles. The Labute approximate surface area is 77.1 Å². The van der Waals surface area contributed by atoms with Crippen LogP contribution in [0.4, 0.5) is 0 Å². The molecule has 2 rings (SSSR count). The normalized spacial score (nSPS) is 33.9. The fraction of sp³-hybridized carbons (Fsp3) is 0.778. The first-order valence-electron chi connectivity index (χ1n) is 4.83. The Morgan fingerprint density at radius 2 is 1.92 bits per heavy atom. The summed E-state index contributed by atoms with van der Waals surface area (Å²) in [6, 6.07) is -0.571. The zero-order valence-electron chi connectivity index (χ0n) is 7.67. The maximum absolute atomic E-state index is 11.5. The molecule has 2 N–H and O–H groups in total. The van der Waals surface area contributed by atoms with Gasteiger partial charge in [-0.3, -0.25) is 9.59 Å². The number of nitrogens with one attached hydrogen (secondary N) is 2. The van der Waals surface area contributed by atoms with Crippen molar-refractivity contribution in [3.05, 3.63) is 0 Å². The fourth-order valence-electron chi connectivity index (χ4n) is 1.70. The SMILES string of the molecule is CC[C@H]1NC(=O)[C@@H](C2CC2)NC1=O. The number of carbonyl (C=O) groups excluding carboxylic acids is 2. The van der Waals surface area contributed by atoms with Gasteiger partial charge in [-0.25, -0.2) is 0 Å². The van der Waals surface area contributed by atoms with Gasteiger partial charge in [-0.15, -0.1) is 0 Å². The van der Waals surface area contributed by atoms with Crippen molar-refractivity contribution >= 4 is 11.8 Å². The largest absolute Gasteiger partial charge is 0.343 e. The van der Waals surface area contributed by atoms with Crippen molar-refractivity contribution in [2.45, 2.75) is 38.3 Å². The summed E-state index contributed by atoms with van der Waals surface area (Å²) in [7, 11) is 0. The van der Waals surface area contributed by atoms with E-state index in [1.807, 2.05) is 6.92 Å². The summed E-state index contributed by atoms with van der Waals surface area (Å²) in [6.45, 7) is 1.89. The molecule has 1 saturated heterocycles. The van der Waals surface area contributed by atoms with Crippen LogP contribution in [0.15, 0.2) is 0 Å². The Hall–Kier alpha value is -1.06. The van der Waals surface area contributed by atoms with Crippen molar-refractivity contribution in [2.75, 3.05) is 0 Å². The molecule has 4 heteroatoms. The summed E-state index contributed by atoms with van der Waals surface area (Å²) in [5, 5.41) is 5.51. The molecule has 0 aromatic heterocycles. The second-order valence-electron chi connectivity index (χ2n) is 3.79. The highest BCUT2D eigenvalue weighted by atomic mass is 16.2. The summed E-state index contributed by atoms with van der Waals surface area (Å²) < 4.78 is 0. The summed E-state index contributed by atoms with van der Waals surface area (Å²) in [5.41, 5.74) is 0. The summed E-state index contributed by atoms with van der Waals surface area (Å²) >= 11 is 0. The molecule has 1 heterocycles. The van der Waals surface area contributed by atoms with E-state index in [0.717, 1.165) is 12.8 Å². The van der Waals surface area contributed by atoms with Gasteiger partial charge in [-0.1, -0.05) is 6.92 Å². The molecule has 2 aliphatic rings. The van der Waals surface area contributed by atoms with Crippen LogP contribution >= 0.6 is 0 Å². The smallest absolute Gasteiger partial charge is 0.243 e. The predicted octanol–water partition coefficient (Wildman–Crippen LogP) is -0.210. The maximum Gasteiger partial charge on any atom is 0.243 e. The van der Waals surface area contributed by atoms with Crippen LogP contribution in [-0.2, 0) is 9.59 Å². The molecule has 4 nitrogen and oxygen atoms in total.